The molecule has 766 valence electrons. The minimum atomic E-state index is -5.32. The smallest absolute Gasteiger partial charge is 0.394 e. The van der Waals surface area contributed by atoms with Crippen molar-refractivity contribution in [2.45, 2.75) is 307 Å². The van der Waals surface area contributed by atoms with Gasteiger partial charge in [0.25, 0.3) is 47.4 Å². The van der Waals surface area contributed by atoms with Gasteiger partial charge in [-0.1, -0.05) is 77.2 Å². The van der Waals surface area contributed by atoms with Gasteiger partial charge in [-0.2, -0.15) is 52.7 Å². The Labute approximate surface area is 727 Å². The molecule has 0 N–H and O–H groups in total. The third-order valence-electron chi connectivity index (χ3n) is 16.0. The van der Waals surface area contributed by atoms with Crippen LogP contribution < -0.4 is 0 Å². The number of hydrogen-bond acceptors (Lipinski definition) is 24. The van der Waals surface area contributed by atoms with Gasteiger partial charge >= 0.3 is 96.3 Å². The van der Waals surface area contributed by atoms with Gasteiger partial charge in [-0.3, -0.25) is 38.4 Å². The molecule has 0 aliphatic rings. The number of rotatable bonds is 48. The third-order valence-corrected chi connectivity index (χ3v) is 16.0. The van der Waals surface area contributed by atoms with Crippen LogP contribution in [0, 0.1) is 34.0 Å². The molecule has 52 heteroatoms. The van der Waals surface area contributed by atoms with E-state index in [4.69, 9.17) is 14.2 Å². The molecule has 3 unspecified atom stereocenters. The Kier molecular flexibility index (Phi) is 64.0. The van der Waals surface area contributed by atoms with Crippen molar-refractivity contribution in [3.05, 3.63) is 0 Å². The molecule has 0 aromatic rings. The van der Waals surface area contributed by atoms with Crippen LogP contribution in [-0.2, 0) is 114 Å². The lowest BCUT2D eigenvalue weighted by Crippen LogP contribution is -2.37. The van der Waals surface area contributed by atoms with Gasteiger partial charge in [0.1, 0.15) is 38.9 Å². The van der Waals surface area contributed by atoms with Crippen LogP contribution in [0.25, 0.3) is 0 Å². The molecule has 0 aliphatic heterocycles. The number of carbonyl (C=O) groups excluding carboxylic acids is 12. The van der Waals surface area contributed by atoms with Gasteiger partial charge in [0.15, 0.2) is 52.9 Å². The van der Waals surface area contributed by atoms with E-state index in [1.54, 1.807) is 48.5 Å². The highest BCUT2D eigenvalue weighted by atomic mass is 19.4. The standard InChI is InChI=1S/2C14H19F7O4.2C13H17F7O4.C11H20O4.C10H18O4.2CH4/c2*1-4-11(2,3)10(23)24-5-9(22)25-8-13(17,18)6-12(15,16)7-14(19,20)21;2*1-3-8(2)10(22)23-4-9(21)24-7-12(16,17)5-11(14,15)6-13(18,19)20;1-5-11(3,4)10(13)15-8-7-9(12)14-6-2;1-4-8(3)10(12)14-7-6-9(11)13-5-2;;/h2*4-8H2,1-3H3;2*8H,3-7H2,1-2H3;5-8H2,1-4H3;8H,4-7H2,1-3H3;2*1H4. The molecule has 0 fully saturated rings. The maximum absolute atomic E-state index is 13.3. The molecule has 0 radical (unpaired) electrons. The second kappa shape index (κ2) is 60.7. The van der Waals surface area contributed by atoms with Crippen LogP contribution in [0.15, 0.2) is 0 Å². The fraction of sp³-hybridized carbons (Fsp3) is 0.844. The molecule has 0 aromatic carbocycles. The summed E-state index contributed by atoms with van der Waals surface area (Å²) in [6.07, 6.45) is -38.6. The zero-order valence-corrected chi connectivity index (χ0v) is 72.4. The molecule has 0 heterocycles. The van der Waals surface area contributed by atoms with E-state index in [0.29, 0.717) is 45.3 Å². The molecular weight excluding hydrogens is 1840 g/mol. The molecule has 0 saturated heterocycles. The van der Waals surface area contributed by atoms with Crippen LogP contribution in [-0.4, -0.2) is 223 Å². The largest absolute Gasteiger partial charge is 0.466 e. The highest BCUT2D eigenvalue weighted by Gasteiger charge is 2.55. The average molecular weight is 1960 g/mol. The molecule has 0 bridgehead atoms. The second-order valence-electron chi connectivity index (χ2n) is 29.8. The molecule has 0 spiro atoms. The Balaban J connectivity index is -0.000000229. The van der Waals surface area contributed by atoms with Gasteiger partial charge < -0.3 is 56.8 Å². The lowest BCUT2D eigenvalue weighted by atomic mass is 9.91. The predicted octanol–water partition coefficient (Wildman–Crippen LogP) is 20.4. The van der Waals surface area contributed by atoms with Gasteiger partial charge in [0.2, 0.25) is 0 Å². The predicted molar refractivity (Wildman–Crippen MR) is 397 cm³/mol. The monoisotopic (exact) mass is 1960 g/mol. The summed E-state index contributed by atoms with van der Waals surface area (Å²) in [5.74, 6) is -47.6. The van der Waals surface area contributed by atoms with Crippen molar-refractivity contribution in [1.29, 1.82) is 0 Å². The summed E-state index contributed by atoms with van der Waals surface area (Å²) in [6.45, 7) is 17.9. The first-order valence-electron chi connectivity index (χ1n) is 38.1. The van der Waals surface area contributed by atoms with Crippen molar-refractivity contribution in [1.82, 2.24) is 0 Å². The zero-order chi connectivity index (χ0) is 101. The molecule has 3 atom stereocenters. The molecule has 0 aromatic heterocycles. The lowest BCUT2D eigenvalue weighted by molar-refractivity contribution is -0.214. The molecular formula is C77H118F28O24. The zero-order valence-electron chi connectivity index (χ0n) is 72.4. The Morgan fingerprint density at radius 3 is 0.605 bits per heavy atom. The summed E-state index contributed by atoms with van der Waals surface area (Å²) in [7, 11) is 0. The normalized spacial score (nSPS) is 13.1. The van der Waals surface area contributed by atoms with Gasteiger partial charge in [0.05, 0.1) is 85.7 Å². The molecule has 24 nitrogen and oxygen atoms in total. The first kappa shape index (κ1) is 136. The maximum atomic E-state index is 13.3. The van der Waals surface area contributed by atoms with Gasteiger partial charge in [-0.15, -0.1) is 0 Å². The SMILES string of the molecule is C.C.CCC(C)(C)C(=O)OCC(=O)OCC(F)(F)CC(F)(F)CC(F)(F)F.CCC(C)(C)C(=O)OCC(=O)OCC(F)(F)CC(F)(F)CC(F)(F)F.CCC(C)C(=O)OCC(=O)OCC(F)(F)CC(F)(F)CC(F)(F)F.CCC(C)C(=O)OCC(=O)OCC(F)(F)CC(F)(F)CC(F)(F)F.CCOC(=O)CCOC(=O)C(C)(C)CC.CCOC(=O)CCOC(=O)C(C)CC. The van der Waals surface area contributed by atoms with E-state index < -0.39 is 252 Å². The number of ether oxygens (including phenoxy) is 12. The number of carbonyl (C=O) groups is 12. The Morgan fingerprint density at radius 1 is 0.233 bits per heavy atom. The van der Waals surface area contributed by atoms with E-state index in [-0.39, 0.29) is 70.7 Å². The van der Waals surface area contributed by atoms with E-state index in [0.717, 1.165) is 6.42 Å². The van der Waals surface area contributed by atoms with Gasteiger partial charge in [-0.25, -0.2) is 89.4 Å². The van der Waals surface area contributed by atoms with Crippen molar-refractivity contribution < 1.29 is 237 Å². The van der Waals surface area contributed by atoms with Crippen LogP contribution in [0.5, 0.6) is 0 Å². The fourth-order valence-corrected chi connectivity index (χ4v) is 7.43. The summed E-state index contributed by atoms with van der Waals surface area (Å²) in [4.78, 5) is 134. The Bertz CT molecular complexity index is 3140. The molecule has 0 saturated carbocycles. The molecule has 0 amide bonds. The lowest BCUT2D eigenvalue weighted by Gasteiger charge is -2.24. The highest BCUT2D eigenvalue weighted by Crippen LogP contribution is 2.43. The van der Waals surface area contributed by atoms with Crippen LogP contribution in [0.1, 0.15) is 235 Å². The first-order valence-corrected chi connectivity index (χ1v) is 38.1. The highest BCUT2D eigenvalue weighted by molar-refractivity contribution is 5.81. The van der Waals surface area contributed by atoms with Crippen molar-refractivity contribution in [2.24, 2.45) is 34.0 Å². The van der Waals surface area contributed by atoms with Gasteiger partial charge in [-0.05, 0) is 93.9 Å². The van der Waals surface area contributed by atoms with Crippen molar-refractivity contribution in [3.63, 3.8) is 0 Å². The first-order chi connectivity index (χ1) is 56.9. The second-order valence-corrected chi connectivity index (χ2v) is 29.8. The molecule has 0 aliphatic carbocycles. The van der Waals surface area contributed by atoms with Gasteiger partial charge in [0, 0.05) is 0 Å². The minimum Gasteiger partial charge on any atom is -0.466 e. The van der Waals surface area contributed by atoms with Crippen LogP contribution in [0.4, 0.5) is 123 Å². The van der Waals surface area contributed by atoms with E-state index >= 15 is 0 Å². The average Bonchev–Trinajstić information content (AvgIpc) is 0.852. The number of esters is 12. The summed E-state index contributed by atoms with van der Waals surface area (Å²) < 4.78 is 405. The Morgan fingerprint density at radius 2 is 0.419 bits per heavy atom. The molecule has 129 heavy (non-hydrogen) atoms. The number of halogens is 28. The maximum Gasteiger partial charge on any atom is 0.394 e. The van der Waals surface area contributed by atoms with Crippen LogP contribution >= 0.6 is 0 Å². The fourth-order valence-electron chi connectivity index (χ4n) is 7.43. The van der Waals surface area contributed by atoms with E-state index in [1.807, 2.05) is 27.7 Å². The number of alkyl halides is 28. The van der Waals surface area contributed by atoms with Crippen molar-refractivity contribution in [3.8, 4) is 0 Å². The van der Waals surface area contributed by atoms with E-state index in [9.17, 15) is 180 Å². The van der Waals surface area contributed by atoms with E-state index in [2.05, 4.69) is 42.6 Å². The summed E-state index contributed by atoms with van der Waals surface area (Å²) >= 11 is 0. The minimum absolute atomic E-state index is 0. The molecule has 0 rings (SSSR count). The van der Waals surface area contributed by atoms with E-state index in [1.165, 1.54) is 41.5 Å². The van der Waals surface area contributed by atoms with Crippen LogP contribution in [0.2, 0.25) is 0 Å². The summed E-state index contributed by atoms with van der Waals surface area (Å²) in [6, 6.07) is 0. The van der Waals surface area contributed by atoms with Crippen molar-refractivity contribution in [2.75, 3.05) is 79.3 Å². The van der Waals surface area contributed by atoms with Crippen molar-refractivity contribution >= 4 is 71.6 Å². The Hall–Kier alpha value is -8.32. The van der Waals surface area contributed by atoms with Crippen LogP contribution in [0.3, 0.4) is 0 Å². The summed E-state index contributed by atoms with van der Waals surface area (Å²) in [5.41, 5.74) is -2.33. The third kappa shape index (κ3) is 77.0. The number of hydrogen-bond donors (Lipinski definition) is 0. The summed E-state index contributed by atoms with van der Waals surface area (Å²) in [5, 5.41) is 0. The topological polar surface area (TPSA) is 316 Å². The quantitative estimate of drug-likeness (QED) is 0.0310.